The van der Waals surface area contributed by atoms with Gasteiger partial charge in [0.25, 0.3) is 0 Å². The topological polar surface area (TPSA) is 112 Å². The molecule has 0 spiro atoms. The van der Waals surface area contributed by atoms with Crippen molar-refractivity contribution in [2.75, 3.05) is 55.3 Å². The van der Waals surface area contributed by atoms with Gasteiger partial charge in [-0.05, 0) is 24.3 Å². The van der Waals surface area contributed by atoms with Crippen molar-refractivity contribution in [2.45, 2.75) is 6.04 Å². The number of ether oxygens (including phenoxy) is 1. The minimum absolute atomic E-state index is 0.361. The van der Waals surface area contributed by atoms with Gasteiger partial charge in [0.15, 0.2) is 0 Å². The van der Waals surface area contributed by atoms with E-state index in [0.717, 1.165) is 50.7 Å². The average Bonchev–Trinajstić information content (AvgIpc) is 3.28. The Kier molecular flexibility index (Phi) is 5.00. The Balaban J connectivity index is 1.20. The van der Waals surface area contributed by atoms with Crippen LogP contribution in [0.2, 0.25) is 0 Å². The Bertz CT molecular complexity index is 1260. The van der Waals surface area contributed by atoms with Crippen LogP contribution >= 0.6 is 0 Å². The van der Waals surface area contributed by atoms with Crippen LogP contribution in [-0.2, 0) is 4.74 Å². The van der Waals surface area contributed by atoms with E-state index in [2.05, 4.69) is 54.3 Å². The lowest BCUT2D eigenvalue weighted by molar-refractivity contribution is -0.509. The van der Waals surface area contributed by atoms with E-state index in [1.165, 1.54) is 11.9 Å². The molecule has 10 heteroatoms. The van der Waals surface area contributed by atoms with Crippen molar-refractivity contribution < 1.29 is 9.14 Å². The van der Waals surface area contributed by atoms with Crippen LogP contribution in [0.25, 0.3) is 17.0 Å². The molecule has 5 heterocycles. The van der Waals surface area contributed by atoms with E-state index < -0.39 is 0 Å². The first-order valence-corrected chi connectivity index (χ1v) is 11.1. The number of aromatic amines is 1. The lowest BCUT2D eigenvalue weighted by atomic mass is 10.1. The highest BCUT2D eigenvalue weighted by molar-refractivity contribution is 5.70. The maximum atomic E-state index is 5.82. The SMILES string of the molecule is Nc1cncc(-c2c[n+]3cc[nH]c3c(Nc3ccc(N4CCN(C5COC5)CC4)cc3)n2)n1. The summed E-state index contributed by atoms with van der Waals surface area (Å²) in [7, 11) is 0. The summed E-state index contributed by atoms with van der Waals surface area (Å²) in [6.07, 6.45) is 8.89. The number of aromatic nitrogens is 5. The number of nitrogens with zero attached hydrogens (tertiary/aromatic N) is 6. The molecule has 10 nitrogen and oxygen atoms in total. The molecule has 0 radical (unpaired) electrons. The van der Waals surface area contributed by atoms with E-state index >= 15 is 0 Å². The van der Waals surface area contributed by atoms with Crippen LogP contribution in [0, 0.1) is 0 Å². The summed E-state index contributed by atoms with van der Waals surface area (Å²) >= 11 is 0. The number of nitrogens with one attached hydrogen (secondary N) is 2. The highest BCUT2D eigenvalue weighted by Gasteiger charge is 2.28. The quantitative estimate of drug-likeness (QED) is 0.397. The summed E-state index contributed by atoms with van der Waals surface area (Å²) in [5.41, 5.74) is 10.2. The summed E-state index contributed by atoms with van der Waals surface area (Å²) in [6.45, 7) is 6.00. The summed E-state index contributed by atoms with van der Waals surface area (Å²) in [5, 5.41) is 3.44. The molecule has 4 N–H and O–H groups in total. The number of piperazine rings is 1. The number of benzene rings is 1. The van der Waals surface area contributed by atoms with Gasteiger partial charge in [0, 0.05) is 37.6 Å². The molecule has 4 aromatic rings. The van der Waals surface area contributed by atoms with Crippen molar-refractivity contribution in [2.24, 2.45) is 0 Å². The van der Waals surface area contributed by atoms with Crippen LogP contribution in [0.5, 0.6) is 0 Å². The lowest BCUT2D eigenvalue weighted by Gasteiger charge is -2.43. The molecule has 0 bridgehead atoms. The van der Waals surface area contributed by atoms with Gasteiger partial charge in [0.2, 0.25) is 5.82 Å². The highest BCUT2D eigenvalue weighted by Crippen LogP contribution is 2.25. The second kappa shape index (κ2) is 8.30. The number of fused-ring (bicyclic) bond motifs is 1. The number of H-pyrrole nitrogens is 1. The molecule has 2 fully saturated rings. The zero-order valence-electron chi connectivity index (χ0n) is 18.2. The van der Waals surface area contributed by atoms with Gasteiger partial charge in [-0.2, -0.15) is 4.40 Å². The molecule has 2 saturated heterocycles. The predicted molar refractivity (Wildman–Crippen MR) is 125 cm³/mol. The molecule has 0 atom stereocenters. The number of nitrogen functional groups attached to an aromatic ring is 1. The van der Waals surface area contributed by atoms with E-state index in [4.69, 9.17) is 15.5 Å². The molecule has 1 aromatic carbocycles. The molecule has 0 amide bonds. The Morgan fingerprint density at radius 2 is 1.85 bits per heavy atom. The van der Waals surface area contributed by atoms with Crippen molar-refractivity contribution in [1.82, 2.24) is 24.8 Å². The van der Waals surface area contributed by atoms with Gasteiger partial charge in [-0.25, -0.2) is 15.0 Å². The fraction of sp³-hybridized carbons (Fsp3) is 0.304. The van der Waals surface area contributed by atoms with E-state index in [0.29, 0.717) is 29.1 Å². The standard InChI is InChI=1S/C23H25N9O/c24-21-12-25-11-19(28-21)20-13-32-6-5-26-23(32)22(29-20)27-16-1-3-17(4-2-16)30-7-9-31(10-8-30)18-14-33-15-18/h1-6,11-13,18H,7-10,14-15H2,(H3,24,27,28,29)/p+1. The molecule has 2 aliphatic heterocycles. The van der Waals surface area contributed by atoms with Crippen LogP contribution in [0.4, 0.5) is 23.0 Å². The van der Waals surface area contributed by atoms with Crippen molar-refractivity contribution in [3.8, 4) is 11.4 Å². The highest BCUT2D eigenvalue weighted by atomic mass is 16.5. The molecular formula is C23H26N9O+. The molecule has 0 aliphatic carbocycles. The van der Waals surface area contributed by atoms with E-state index in [-0.39, 0.29) is 0 Å². The van der Waals surface area contributed by atoms with Crippen LogP contribution in [-0.4, -0.2) is 70.3 Å². The molecule has 168 valence electrons. The van der Waals surface area contributed by atoms with Gasteiger partial charge in [-0.3, -0.25) is 9.88 Å². The second-order valence-corrected chi connectivity index (χ2v) is 8.41. The summed E-state index contributed by atoms with van der Waals surface area (Å²) < 4.78 is 7.31. The van der Waals surface area contributed by atoms with E-state index in [1.54, 1.807) is 6.20 Å². The average molecular weight is 445 g/mol. The number of hydrogen-bond donors (Lipinski definition) is 3. The first-order chi connectivity index (χ1) is 16.2. The molecule has 2 aliphatic rings. The van der Waals surface area contributed by atoms with Gasteiger partial charge in [-0.1, -0.05) is 0 Å². The zero-order chi connectivity index (χ0) is 22.2. The fourth-order valence-electron chi connectivity index (χ4n) is 4.36. The third kappa shape index (κ3) is 3.94. The minimum atomic E-state index is 0.361. The molecule has 6 rings (SSSR count). The van der Waals surface area contributed by atoms with Gasteiger partial charge < -0.3 is 20.7 Å². The number of rotatable bonds is 5. The van der Waals surface area contributed by atoms with Crippen molar-refractivity contribution in [1.29, 1.82) is 0 Å². The third-order valence-corrected chi connectivity index (χ3v) is 6.29. The minimum Gasteiger partial charge on any atom is -0.382 e. The van der Waals surface area contributed by atoms with Gasteiger partial charge >= 0.3 is 5.65 Å². The zero-order valence-corrected chi connectivity index (χ0v) is 18.2. The fourth-order valence-corrected chi connectivity index (χ4v) is 4.36. The lowest BCUT2D eigenvalue weighted by Crippen LogP contribution is -2.56. The number of imidazole rings is 1. The molecule has 3 aromatic heterocycles. The van der Waals surface area contributed by atoms with Gasteiger partial charge in [0.05, 0.1) is 31.6 Å². The largest absolute Gasteiger partial charge is 0.382 e. The smallest absolute Gasteiger partial charge is 0.327 e. The Morgan fingerprint density at radius 3 is 2.58 bits per heavy atom. The van der Waals surface area contributed by atoms with E-state index in [1.807, 2.05) is 23.0 Å². The first kappa shape index (κ1) is 19.9. The normalized spacial score (nSPS) is 17.3. The molecule has 0 unspecified atom stereocenters. The van der Waals surface area contributed by atoms with E-state index in [9.17, 15) is 0 Å². The Labute approximate surface area is 191 Å². The number of hydrogen-bond acceptors (Lipinski definition) is 8. The van der Waals surface area contributed by atoms with Crippen molar-refractivity contribution in [3.05, 3.63) is 55.2 Å². The van der Waals surface area contributed by atoms with Crippen LogP contribution < -0.4 is 20.4 Å². The second-order valence-electron chi connectivity index (χ2n) is 8.41. The maximum Gasteiger partial charge on any atom is 0.327 e. The molecule has 0 saturated carbocycles. The summed E-state index contributed by atoms with van der Waals surface area (Å²) in [4.78, 5) is 21.5. The van der Waals surface area contributed by atoms with Crippen molar-refractivity contribution in [3.63, 3.8) is 0 Å². The van der Waals surface area contributed by atoms with Gasteiger partial charge in [-0.15, -0.1) is 0 Å². The molecule has 33 heavy (non-hydrogen) atoms. The van der Waals surface area contributed by atoms with Crippen LogP contribution in [0.15, 0.2) is 55.2 Å². The van der Waals surface area contributed by atoms with Crippen molar-refractivity contribution >= 4 is 28.7 Å². The van der Waals surface area contributed by atoms with Crippen LogP contribution in [0.1, 0.15) is 0 Å². The predicted octanol–water partition coefficient (Wildman–Crippen LogP) is 1.45. The summed E-state index contributed by atoms with van der Waals surface area (Å²) in [6, 6.07) is 9.13. The number of anilines is 4. The third-order valence-electron chi connectivity index (χ3n) is 6.29. The Morgan fingerprint density at radius 1 is 1.03 bits per heavy atom. The monoisotopic (exact) mass is 444 g/mol. The Hall–Kier alpha value is -3.76. The van der Waals surface area contributed by atoms with Crippen LogP contribution in [0.3, 0.4) is 0 Å². The summed E-state index contributed by atoms with van der Waals surface area (Å²) in [5.74, 6) is 1.06. The number of nitrogens with two attached hydrogens (primary N) is 1. The molecular weight excluding hydrogens is 418 g/mol. The maximum absolute atomic E-state index is 5.82. The first-order valence-electron chi connectivity index (χ1n) is 11.1. The van der Waals surface area contributed by atoms with Gasteiger partial charge in [0.1, 0.15) is 35.8 Å².